The van der Waals surface area contributed by atoms with Crippen molar-refractivity contribution in [2.45, 2.75) is 90.4 Å². The number of H-pyrrole nitrogens is 1. The Morgan fingerprint density at radius 2 is 1.30 bits per heavy atom. The highest BCUT2D eigenvalue weighted by Gasteiger charge is 2.02. The summed E-state index contributed by atoms with van der Waals surface area (Å²) in [6, 6.07) is 7.86. The maximum absolute atomic E-state index is 5.81. The van der Waals surface area contributed by atoms with Gasteiger partial charge in [-0.2, -0.15) is 5.21 Å². The van der Waals surface area contributed by atoms with Gasteiger partial charge in [0.2, 0.25) is 5.82 Å². The Morgan fingerprint density at radius 1 is 0.741 bits per heavy atom. The standard InChI is InChI=1S/C22H36N4O/c1-2-3-4-5-6-7-8-9-10-11-12-13-14-19-27-21-17-15-20(16-18-21)22-23-25-26-24-22/h15-18H,2-14,19H2,1H3,(H,23,24,25,26). The molecule has 1 heterocycles. The summed E-state index contributed by atoms with van der Waals surface area (Å²) in [5.74, 6) is 1.51. The first kappa shape index (κ1) is 21.4. The maximum atomic E-state index is 5.81. The van der Waals surface area contributed by atoms with E-state index in [2.05, 4.69) is 27.5 Å². The van der Waals surface area contributed by atoms with Gasteiger partial charge in [-0.05, 0) is 35.9 Å². The van der Waals surface area contributed by atoms with Crippen molar-refractivity contribution in [3.05, 3.63) is 24.3 Å². The second-order valence-electron chi connectivity index (χ2n) is 7.35. The summed E-state index contributed by atoms with van der Waals surface area (Å²) < 4.78 is 5.81. The van der Waals surface area contributed by atoms with E-state index in [-0.39, 0.29) is 0 Å². The highest BCUT2D eigenvalue weighted by atomic mass is 16.5. The van der Waals surface area contributed by atoms with E-state index in [4.69, 9.17) is 4.74 Å². The van der Waals surface area contributed by atoms with E-state index < -0.39 is 0 Å². The molecule has 150 valence electrons. The summed E-state index contributed by atoms with van der Waals surface area (Å²) >= 11 is 0. The van der Waals surface area contributed by atoms with Crippen molar-refractivity contribution in [2.75, 3.05) is 6.61 Å². The van der Waals surface area contributed by atoms with Crippen LogP contribution in [0.1, 0.15) is 90.4 Å². The molecule has 0 aliphatic rings. The zero-order chi connectivity index (χ0) is 19.0. The quantitative estimate of drug-likeness (QED) is 0.349. The molecule has 2 aromatic rings. The Hall–Kier alpha value is -1.91. The van der Waals surface area contributed by atoms with Crippen LogP contribution in [-0.4, -0.2) is 27.2 Å². The monoisotopic (exact) mass is 372 g/mol. The van der Waals surface area contributed by atoms with Crippen LogP contribution in [0.5, 0.6) is 5.75 Å². The van der Waals surface area contributed by atoms with Gasteiger partial charge >= 0.3 is 0 Å². The molecule has 1 N–H and O–H groups in total. The van der Waals surface area contributed by atoms with E-state index in [9.17, 15) is 0 Å². The number of hydrogen-bond acceptors (Lipinski definition) is 4. The summed E-state index contributed by atoms with van der Waals surface area (Å²) in [6.07, 6.45) is 17.8. The van der Waals surface area contributed by atoms with Crippen molar-refractivity contribution >= 4 is 0 Å². The van der Waals surface area contributed by atoms with Crippen LogP contribution < -0.4 is 4.74 Å². The van der Waals surface area contributed by atoms with Gasteiger partial charge in [0.05, 0.1) is 6.61 Å². The van der Waals surface area contributed by atoms with Gasteiger partial charge in [-0.25, -0.2) is 0 Å². The summed E-state index contributed by atoms with van der Waals surface area (Å²) in [5, 5.41) is 14.0. The van der Waals surface area contributed by atoms with Gasteiger partial charge in [0.25, 0.3) is 0 Å². The Labute approximate surface area is 164 Å². The van der Waals surface area contributed by atoms with Gasteiger partial charge in [0, 0.05) is 5.56 Å². The predicted octanol–water partition coefficient (Wildman–Crippen LogP) is 6.34. The van der Waals surface area contributed by atoms with Gasteiger partial charge in [-0.1, -0.05) is 84.0 Å². The first-order chi connectivity index (χ1) is 13.4. The first-order valence-electron chi connectivity index (χ1n) is 10.9. The van der Waals surface area contributed by atoms with Crippen LogP contribution in [0.2, 0.25) is 0 Å². The van der Waals surface area contributed by atoms with Crippen molar-refractivity contribution in [3.8, 4) is 17.1 Å². The number of aromatic amines is 1. The molecular weight excluding hydrogens is 336 g/mol. The van der Waals surface area contributed by atoms with Crippen LogP contribution in [0.25, 0.3) is 11.4 Å². The molecule has 5 nitrogen and oxygen atoms in total. The van der Waals surface area contributed by atoms with Crippen LogP contribution in [0.4, 0.5) is 0 Å². The molecule has 0 spiro atoms. The van der Waals surface area contributed by atoms with Crippen LogP contribution in [0.3, 0.4) is 0 Å². The smallest absolute Gasteiger partial charge is 0.204 e. The number of hydrogen-bond donors (Lipinski definition) is 1. The van der Waals surface area contributed by atoms with Crippen molar-refractivity contribution in [1.29, 1.82) is 0 Å². The molecule has 5 heteroatoms. The molecule has 0 saturated carbocycles. The van der Waals surface area contributed by atoms with Gasteiger partial charge in [-0.15, -0.1) is 10.2 Å². The normalized spacial score (nSPS) is 11.0. The number of unbranched alkanes of at least 4 members (excludes halogenated alkanes) is 12. The minimum atomic E-state index is 0.609. The van der Waals surface area contributed by atoms with Crippen LogP contribution in [0.15, 0.2) is 24.3 Å². The average Bonchev–Trinajstić information content (AvgIpc) is 3.23. The number of nitrogens with zero attached hydrogens (tertiary/aromatic N) is 3. The molecule has 0 bridgehead atoms. The van der Waals surface area contributed by atoms with Gasteiger partial charge < -0.3 is 4.74 Å². The molecule has 0 amide bonds. The minimum absolute atomic E-state index is 0.609. The van der Waals surface area contributed by atoms with Crippen molar-refractivity contribution in [3.63, 3.8) is 0 Å². The van der Waals surface area contributed by atoms with Crippen LogP contribution >= 0.6 is 0 Å². The fourth-order valence-corrected chi connectivity index (χ4v) is 3.29. The zero-order valence-corrected chi connectivity index (χ0v) is 17.0. The molecule has 0 atom stereocenters. The molecule has 0 radical (unpaired) electrons. The number of tetrazole rings is 1. The fourth-order valence-electron chi connectivity index (χ4n) is 3.29. The average molecular weight is 373 g/mol. The van der Waals surface area contributed by atoms with E-state index in [1.807, 2.05) is 24.3 Å². The lowest BCUT2D eigenvalue weighted by Crippen LogP contribution is -1.97. The SMILES string of the molecule is CCCCCCCCCCCCCCCOc1ccc(-c2nn[nH]n2)cc1. The molecule has 0 aliphatic heterocycles. The molecule has 27 heavy (non-hydrogen) atoms. The van der Waals surface area contributed by atoms with Crippen molar-refractivity contribution in [1.82, 2.24) is 20.6 Å². The summed E-state index contributed by atoms with van der Waals surface area (Å²) in [6.45, 7) is 3.07. The Bertz CT molecular complexity index is 569. The lowest BCUT2D eigenvalue weighted by atomic mass is 10.0. The van der Waals surface area contributed by atoms with Gasteiger partial charge in [0.15, 0.2) is 0 Å². The Kier molecular flexibility index (Phi) is 11.2. The minimum Gasteiger partial charge on any atom is -0.494 e. The summed E-state index contributed by atoms with van der Waals surface area (Å²) in [7, 11) is 0. The summed E-state index contributed by atoms with van der Waals surface area (Å²) in [4.78, 5) is 0. The number of nitrogens with one attached hydrogen (secondary N) is 1. The molecule has 1 aromatic heterocycles. The first-order valence-corrected chi connectivity index (χ1v) is 10.9. The lowest BCUT2D eigenvalue weighted by molar-refractivity contribution is 0.304. The number of rotatable bonds is 16. The number of aromatic nitrogens is 4. The number of benzene rings is 1. The molecule has 0 saturated heterocycles. The van der Waals surface area contributed by atoms with E-state index in [1.165, 1.54) is 77.0 Å². The van der Waals surface area contributed by atoms with E-state index >= 15 is 0 Å². The topological polar surface area (TPSA) is 63.7 Å². The van der Waals surface area contributed by atoms with Crippen molar-refractivity contribution in [2.24, 2.45) is 0 Å². The van der Waals surface area contributed by atoms with Gasteiger partial charge in [0.1, 0.15) is 5.75 Å². The van der Waals surface area contributed by atoms with E-state index in [0.29, 0.717) is 5.82 Å². The predicted molar refractivity (Wildman–Crippen MR) is 111 cm³/mol. The third-order valence-electron chi connectivity index (χ3n) is 4.97. The van der Waals surface area contributed by atoms with E-state index in [0.717, 1.165) is 24.3 Å². The fraction of sp³-hybridized carbons (Fsp3) is 0.682. The molecule has 0 unspecified atom stereocenters. The maximum Gasteiger partial charge on any atom is 0.204 e. The molecule has 0 fully saturated rings. The number of ether oxygens (including phenoxy) is 1. The highest BCUT2D eigenvalue weighted by molar-refractivity contribution is 5.54. The second-order valence-corrected chi connectivity index (χ2v) is 7.35. The molecular formula is C22H36N4O. The van der Waals surface area contributed by atoms with E-state index in [1.54, 1.807) is 0 Å². The summed E-state index contributed by atoms with van der Waals surface area (Å²) in [5.41, 5.74) is 0.942. The van der Waals surface area contributed by atoms with Gasteiger partial charge in [-0.3, -0.25) is 0 Å². The third kappa shape index (κ3) is 9.55. The molecule has 2 rings (SSSR count). The van der Waals surface area contributed by atoms with Crippen LogP contribution in [-0.2, 0) is 0 Å². The lowest BCUT2D eigenvalue weighted by Gasteiger charge is -2.06. The largest absolute Gasteiger partial charge is 0.494 e. The third-order valence-corrected chi connectivity index (χ3v) is 4.97. The zero-order valence-electron chi connectivity index (χ0n) is 17.0. The Morgan fingerprint density at radius 3 is 1.81 bits per heavy atom. The van der Waals surface area contributed by atoms with Crippen LogP contribution in [0, 0.1) is 0 Å². The second kappa shape index (κ2) is 14.2. The molecule has 0 aliphatic carbocycles. The van der Waals surface area contributed by atoms with Crippen molar-refractivity contribution < 1.29 is 4.74 Å². The highest BCUT2D eigenvalue weighted by Crippen LogP contribution is 2.19. The molecule has 1 aromatic carbocycles. The Balaban J connectivity index is 1.38.